The van der Waals surface area contributed by atoms with Crippen molar-refractivity contribution >= 4 is 28.9 Å². The van der Waals surface area contributed by atoms with Crippen LogP contribution in [0.15, 0.2) is 18.2 Å². The van der Waals surface area contributed by atoms with Gasteiger partial charge >= 0.3 is 0 Å². The maximum absolute atomic E-state index is 11.9. The number of nitrogens with one attached hydrogen (secondary N) is 1. The minimum Gasteiger partial charge on any atom is -0.376 e. The highest BCUT2D eigenvalue weighted by molar-refractivity contribution is 6.20. The Morgan fingerprint density at radius 2 is 1.84 bits per heavy atom. The number of hydrogen-bond acceptors (Lipinski definition) is 5. The van der Waals surface area contributed by atoms with Crippen LogP contribution in [-0.4, -0.2) is 22.8 Å². The topological polar surface area (TPSA) is 92.6 Å². The summed E-state index contributed by atoms with van der Waals surface area (Å²) in [5.74, 6) is 0.378. The molecule has 3 rings (SSSR count). The second-order valence-corrected chi connectivity index (χ2v) is 7.10. The first-order valence-corrected chi connectivity index (χ1v) is 8.79. The quantitative estimate of drug-likeness (QED) is 0.512. The summed E-state index contributed by atoms with van der Waals surface area (Å²) >= 11 is 0. The van der Waals surface area contributed by atoms with E-state index in [9.17, 15) is 19.7 Å². The molecule has 1 N–H and O–H groups in total. The molecule has 134 valence electrons. The van der Waals surface area contributed by atoms with Gasteiger partial charge in [0.1, 0.15) is 5.69 Å². The van der Waals surface area contributed by atoms with Crippen LogP contribution in [0.2, 0.25) is 0 Å². The van der Waals surface area contributed by atoms with Crippen molar-refractivity contribution < 1.29 is 14.5 Å². The Balaban J connectivity index is 1.88. The summed E-state index contributed by atoms with van der Waals surface area (Å²) < 4.78 is 0. The zero-order valence-electron chi connectivity index (χ0n) is 14.5. The van der Waals surface area contributed by atoms with Crippen molar-refractivity contribution in [1.29, 1.82) is 0 Å². The second-order valence-electron chi connectivity index (χ2n) is 7.10. The van der Waals surface area contributed by atoms with E-state index in [1.54, 1.807) is 12.1 Å². The van der Waals surface area contributed by atoms with E-state index in [2.05, 4.69) is 19.2 Å². The van der Waals surface area contributed by atoms with Gasteiger partial charge in [-0.15, -0.1) is 0 Å². The number of amides is 2. The minimum atomic E-state index is -0.465. The molecule has 1 aliphatic carbocycles. The van der Waals surface area contributed by atoms with Crippen LogP contribution >= 0.6 is 0 Å². The lowest BCUT2D eigenvalue weighted by Gasteiger charge is -2.35. The summed E-state index contributed by atoms with van der Waals surface area (Å²) in [6.45, 7) is 4.38. The van der Waals surface area contributed by atoms with Gasteiger partial charge in [-0.25, -0.2) is 0 Å². The predicted molar refractivity (Wildman–Crippen MR) is 94.4 cm³/mol. The molecular weight excluding hydrogens is 322 g/mol. The molecule has 0 aromatic heterocycles. The van der Waals surface area contributed by atoms with Gasteiger partial charge in [-0.2, -0.15) is 0 Å². The van der Waals surface area contributed by atoms with Crippen molar-refractivity contribution in [2.75, 3.05) is 10.2 Å². The second kappa shape index (κ2) is 6.82. The van der Waals surface area contributed by atoms with Gasteiger partial charge in [-0.1, -0.05) is 26.7 Å². The van der Waals surface area contributed by atoms with Gasteiger partial charge in [0.25, 0.3) is 5.69 Å². The average molecular weight is 345 g/mol. The highest BCUT2D eigenvalue weighted by atomic mass is 16.6. The molecule has 2 aliphatic rings. The molecule has 7 heteroatoms. The molecule has 2 amide bonds. The Kier molecular flexibility index (Phi) is 4.74. The molecule has 1 saturated carbocycles. The molecule has 7 nitrogen and oxygen atoms in total. The molecule has 3 atom stereocenters. The van der Waals surface area contributed by atoms with Crippen molar-refractivity contribution in [3.8, 4) is 0 Å². The molecule has 25 heavy (non-hydrogen) atoms. The monoisotopic (exact) mass is 345 g/mol. The molecule has 1 aliphatic heterocycles. The number of anilines is 2. The summed E-state index contributed by atoms with van der Waals surface area (Å²) in [4.78, 5) is 35.8. The molecular formula is C18H23N3O4. The summed E-state index contributed by atoms with van der Waals surface area (Å²) in [6, 6.07) is 4.72. The molecule has 1 aromatic carbocycles. The standard InChI is InChI=1S/C18H23N3O4/c1-11-4-3-5-14(12(11)2)19-15-7-6-13(10-16(15)21(24)25)20-17(22)8-9-18(20)23/h6-7,10-12,14,19H,3-5,8-9H2,1-2H3. The lowest BCUT2D eigenvalue weighted by Crippen LogP contribution is -2.35. The fourth-order valence-electron chi connectivity index (χ4n) is 3.78. The first kappa shape index (κ1) is 17.4. The summed E-state index contributed by atoms with van der Waals surface area (Å²) in [5, 5.41) is 14.8. The molecule has 0 bridgehead atoms. The molecule has 0 spiro atoms. The highest BCUT2D eigenvalue weighted by Crippen LogP contribution is 2.36. The molecule has 0 radical (unpaired) electrons. The Bertz CT molecular complexity index is 702. The van der Waals surface area contributed by atoms with Gasteiger partial charge in [-0.3, -0.25) is 24.6 Å². The normalized spacial score (nSPS) is 26.8. The van der Waals surface area contributed by atoms with Gasteiger partial charge in [0.15, 0.2) is 0 Å². The van der Waals surface area contributed by atoms with E-state index in [1.807, 2.05) is 0 Å². The Labute approximate surface area is 146 Å². The summed E-state index contributed by atoms with van der Waals surface area (Å²) in [7, 11) is 0. The SMILES string of the molecule is CC1CCCC(Nc2ccc(N3C(=O)CCC3=O)cc2[N+](=O)[O-])C1C. The third-order valence-electron chi connectivity index (χ3n) is 5.54. The fourth-order valence-corrected chi connectivity index (χ4v) is 3.78. The number of imide groups is 1. The predicted octanol–water partition coefficient (Wildman–Crippen LogP) is 3.48. The molecule has 2 fully saturated rings. The number of nitrogens with zero attached hydrogens (tertiary/aromatic N) is 2. The van der Waals surface area contributed by atoms with E-state index in [-0.39, 0.29) is 42.1 Å². The Morgan fingerprint density at radius 1 is 1.16 bits per heavy atom. The third-order valence-corrected chi connectivity index (χ3v) is 5.54. The van der Waals surface area contributed by atoms with Crippen molar-refractivity contribution in [2.24, 2.45) is 11.8 Å². The Morgan fingerprint density at radius 3 is 2.48 bits per heavy atom. The Hall–Kier alpha value is -2.44. The number of rotatable bonds is 4. The van der Waals surface area contributed by atoms with Crippen molar-refractivity contribution in [3.05, 3.63) is 28.3 Å². The van der Waals surface area contributed by atoms with Gasteiger partial charge < -0.3 is 5.32 Å². The van der Waals surface area contributed by atoms with Gasteiger partial charge in [0, 0.05) is 24.9 Å². The molecule has 1 heterocycles. The van der Waals surface area contributed by atoms with Gasteiger partial charge in [-0.05, 0) is 30.4 Å². The first-order chi connectivity index (χ1) is 11.9. The van der Waals surface area contributed by atoms with E-state index in [1.165, 1.54) is 12.5 Å². The van der Waals surface area contributed by atoms with E-state index >= 15 is 0 Å². The summed E-state index contributed by atoms with van der Waals surface area (Å²) in [5.41, 5.74) is 0.615. The molecule has 1 aromatic rings. The van der Waals surface area contributed by atoms with Crippen LogP contribution in [0, 0.1) is 22.0 Å². The number of nitro benzene ring substituents is 1. The van der Waals surface area contributed by atoms with E-state index < -0.39 is 4.92 Å². The van der Waals surface area contributed by atoms with E-state index in [0.717, 1.165) is 17.7 Å². The van der Waals surface area contributed by atoms with Crippen molar-refractivity contribution in [2.45, 2.75) is 52.0 Å². The van der Waals surface area contributed by atoms with Crippen LogP contribution < -0.4 is 10.2 Å². The smallest absolute Gasteiger partial charge is 0.294 e. The first-order valence-electron chi connectivity index (χ1n) is 8.79. The minimum absolute atomic E-state index is 0.101. The molecule has 1 saturated heterocycles. The number of hydrogen-bond donors (Lipinski definition) is 1. The van der Waals surface area contributed by atoms with Crippen LogP contribution in [0.4, 0.5) is 17.1 Å². The van der Waals surface area contributed by atoms with Crippen LogP contribution in [-0.2, 0) is 9.59 Å². The zero-order chi connectivity index (χ0) is 18.1. The maximum atomic E-state index is 11.9. The lowest BCUT2D eigenvalue weighted by molar-refractivity contribution is -0.383. The van der Waals surface area contributed by atoms with Gasteiger partial charge in [0.2, 0.25) is 11.8 Å². The van der Waals surface area contributed by atoms with Crippen LogP contribution in [0.1, 0.15) is 46.0 Å². The average Bonchev–Trinajstić information content (AvgIpc) is 2.91. The third kappa shape index (κ3) is 3.36. The number of carbonyl (C=O) groups is 2. The molecule has 3 unspecified atom stereocenters. The fraction of sp³-hybridized carbons (Fsp3) is 0.556. The lowest BCUT2D eigenvalue weighted by atomic mass is 9.78. The van der Waals surface area contributed by atoms with Crippen molar-refractivity contribution in [3.63, 3.8) is 0 Å². The van der Waals surface area contributed by atoms with Crippen molar-refractivity contribution in [1.82, 2.24) is 0 Å². The van der Waals surface area contributed by atoms with Gasteiger partial charge in [0.05, 0.1) is 10.6 Å². The van der Waals surface area contributed by atoms with E-state index in [0.29, 0.717) is 17.5 Å². The van der Waals surface area contributed by atoms with Crippen LogP contribution in [0.5, 0.6) is 0 Å². The van der Waals surface area contributed by atoms with E-state index in [4.69, 9.17) is 0 Å². The highest BCUT2D eigenvalue weighted by Gasteiger charge is 2.33. The van der Waals surface area contributed by atoms with Crippen LogP contribution in [0.25, 0.3) is 0 Å². The number of carbonyl (C=O) groups excluding carboxylic acids is 2. The summed E-state index contributed by atoms with van der Waals surface area (Å²) in [6.07, 6.45) is 3.58. The zero-order valence-corrected chi connectivity index (χ0v) is 14.5. The maximum Gasteiger partial charge on any atom is 0.294 e. The number of benzene rings is 1. The largest absolute Gasteiger partial charge is 0.376 e. The van der Waals surface area contributed by atoms with Crippen LogP contribution in [0.3, 0.4) is 0 Å². The number of nitro groups is 1.